The molecule has 9 nitrogen and oxygen atoms in total. The number of carbonyl (C=O) groups excluding carboxylic acids is 1. The molecule has 3 N–H and O–H groups in total. The number of hydrogen-bond donors (Lipinski definition) is 2. The highest BCUT2D eigenvalue weighted by molar-refractivity contribution is 5.84. The van der Waals surface area contributed by atoms with Gasteiger partial charge in [0.1, 0.15) is 12.4 Å². The van der Waals surface area contributed by atoms with Crippen LogP contribution in [0.2, 0.25) is 0 Å². The van der Waals surface area contributed by atoms with Crippen molar-refractivity contribution in [2.45, 2.75) is 32.3 Å². The molecule has 27 heavy (non-hydrogen) atoms. The third-order valence-corrected chi connectivity index (χ3v) is 4.07. The Balaban J connectivity index is 1.47. The van der Waals surface area contributed by atoms with E-state index in [-0.39, 0.29) is 19.0 Å². The van der Waals surface area contributed by atoms with Gasteiger partial charge in [-0.1, -0.05) is 26.0 Å². The highest BCUT2D eigenvalue weighted by Gasteiger charge is 2.29. The summed E-state index contributed by atoms with van der Waals surface area (Å²) in [7, 11) is 0. The summed E-state index contributed by atoms with van der Waals surface area (Å²) in [6.07, 6.45) is -0.552. The summed E-state index contributed by atoms with van der Waals surface area (Å²) in [6, 6.07) is 9.02. The summed E-state index contributed by atoms with van der Waals surface area (Å²) in [5, 5.41) is 2.64. The van der Waals surface area contributed by atoms with E-state index in [9.17, 15) is 9.59 Å². The van der Waals surface area contributed by atoms with Gasteiger partial charge in [0, 0.05) is 11.9 Å². The van der Waals surface area contributed by atoms with E-state index in [1.54, 1.807) is 0 Å². The number of anilines is 2. The Hall–Kier alpha value is -2.91. The molecule has 0 radical (unpaired) electrons. The van der Waals surface area contributed by atoms with Crippen LogP contribution >= 0.6 is 0 Å². The standard InChI is InChI=1S/C18H22N4O5/c1-11(2)12-3-5-13(6-4-12)20-18(24)26-10-16-25-9-15(27-16)22-8-7-14(19)21-17(22)23/h3-8,11,15-16H,9-10H2,1-2H3,(H,20,24)(H2,19,21,23)/t15-,16-/m0/s1. The zero-order valence-electron chi connectivity index (χ0n) is 15.1. The van der Waals surface area contributed by atoms with Crippen LogP contribution in [0.15, 0.2) is 41.3 Å². The average Bonchev–Trinajstić information content (AvgIpc) is 3.09. The normalized spacial score (nSPS) is 19.2. The molecule has 3 rings (SSSR count). The number of nitrogens with two attached hydrogens (primary N) is 1. The molecule has 0 aliphatic carbocycles. The fourth-order valence-corrected chi connectivity index (χ4v) is 2.57. The van der Waals surface area contributed by atoms with E-state index in [0.29, 0.717) is 11.6 Å². The number of aromatic nitrogens is 2. The molecular formula is C18H22N4O5. The molecule has 9 heteroatoms. The molecule has 1 amide bonds. The minimum Gasteiger partial charge on any atom is -0.444 e. The highest BCUT2D eigenvalue weighted by Crippen LogP contribution is 2.20. The molecule has 0 unspecified atom stereocenters. The number of benzene rings is 1. The smallest absolute Gasteiger partial charge is 0.411 e. The zero-order valence-corrected chi connectivity index (χ0v) is 15.1. The first kappa shape index (κ1) is 18.9. The first-order valence-corrected chi connectivity index (χ1v) is 8.58. The van der Waals surface area contributed by atoms with Gasteiger partial charge in [0.05, 0.1) is 6.61 Å². The van der Waals surface area contributed by atoms with E-state index < -0.39 is 24.3 Å². The van der Waals surface area contributed by atoms with Crippen molar-refractivity contribution in [1.29, 1.82) is 0 Å². The summed E-state index contributed by atoms with van der Waals surface area (Å²) in [5.41, 5.74) is 6.74. The van der Waals surface area contributed by atoms with Crippen molar-refractivity contribution in [2.24, 2.45) is 0 Å². The third kappa shape index (κ3) is 4.83. The fraction of sp³-hybridized carbons (Fsp3) is 0.389. The van der Waals surface area contributed by atoms with Gasteiger partial charge in [-0.3, -0.25) is 9.88 Å². The monoisotopic (exact) mass is 374 g/mol. The van der Waals surface area contributed by atoms with E-state index in [0.717, 1.165) is 0 Å². The van der Waals surface area contributed by atoms with Gasteiger partial charge in [-0.25, -0.2) is 9.59 Å². The second-order valence-electron chi connectivity index (χ2n) is 6.40. The third-order valence-electron chi connectivity index (χ3n) is 4.07. The Bertz CT molecular complexity index is 850. The molecule has 0 saturated carbocycles. The number of rotatable bonds is 5. The lowest BCUT2D eigenvalue weighted by atomic mass is 10.0. The van der Waals surface area contributed by atoms with Crippen LogP contribution < -0.4 is 16.7 Å². The fourth-order valence-electron chi connectivity index (χ4n) is 2.57. The lowest BCUT2D eigenvalue weighted by Crippen LogP contribution is -2.29. The van der Waals surface area contributed by atoms with Crippen molar-refractivity contribution in [3.05, 3.63) is 52.6 Å². The van der Waals surface area contributed by atoms with E-state index in [1.165, 1.54) is 22.4 Å². The first-order chi connectivity index (χ1) is 12.9. The van der Waals surface area contributed by atoms with Crippen LogP contribution in [0.3, 0.4) is 0 Å². The maximum absolute atomic E-state index is 11.9. The van der Waals surface area contributed by atoms with Crippen molar-refractivity contribution in [3.8, 4) is 0 Å². The number of nitrogens with one attached hydrogen (secondary N) is 1. The predicted molar refractivity (Wildman–Crippen MR) is 98.3 cm³/mol. The van der Waals surface area contributed by atoms with E-state index >= 15 is 0 Å². The van der Waals surface area contributed by atoms with Crippen LogP contribution in [0.1, 0.15) is 31.6 Å². The Kier molecular flexibility index (Phi) is 5.72. The largest absolute Gasteiger partial charge is 0.444 e. The lowest BCUT2D eigenvalue weighted by Gasteiger charge is -2.14. The topological polar surface area (TPSA) is 118 Å². The Morgan fingerprint density at radius 3 is 2.78 bits per heavy atom. The molecule has 0 bridgehead atoms. The number of amides is 1. The summed E-state index contributed by atoms with van der Waals surface area (Å²) in [6.45, 7) is 4.22. The van der Waals surface area contributed by atoms with Gasteiger partial charge in [-0.05, 0) is 29.7 Å². The summed E-state index contributed by atoms with van der Waals surface area (Å²) in [4.78, 5) is 27.4. The summed E-state index contributed by atoms with van der Waals surface area (Å²) < 4.78 is 17.4. The predicted octanol–water partition coefficient (Wildman–Crippen LogP) is 2.07. The lowest BCUT2D eigenvalue weighted by molar-refractivity contribution is -0.0998. The van der Waals surface area contributed by atoms with Gasteiger partial charge < -0.3 is 19.9 Å². The maximum atomic E-state index is 11.9. The van der Waals surface area contributed by atoms with Crippen LogP contribution in [0, 0.1) is 0 Å². The molecule has 2 heterocycles. The van der Waals surface area contributed by atoms with Crippen molar-refractivity contribution >= 4 is 17.6 Å². The van der Waals surface area contributed by atoms with Crippen LogP contribution in [-0.2, 0) is 14.2 Å². The molecule has 2 aromatic rings. The highest BCUT2D eigenvalue weighted by atomic mass is 16.7. The van der Waals surface area contributed by atoms with Crippen molar-refractivity contribution in [3.63, 3.8) is 0 Å². The van der Waals surface area contributed by atoms with Gasteiger partial charge in [-0.15, -0.1) is 0 Å². The molecule has 1 aromatic carbocycles. The number of carbonyl (C=O) groups is 1. The number of nitrogens with zero attached hydrogens (tertiary/aromatic N) is 2. The van der Waals surface area contributed by atoms with Gasteiger partial charge in [0.2, 0.25) is 0 Å². The molecule has 1 aliphatic heterocycles. The second-order valence-corrected chi connectivity index (χ2v) is 6.40. The van der Waals surface area contributed by atoms with Crippen LogP contribution in [0.5, 0.6) is 0 Å². The van der Waals surface area contributed by atoms with E-state index in [4.69, 9.17) is 19.9 Å². The summed E-state index contributed by atoms with van der Waals surface area (Å²) in [5.74, 6) is 0.549. The van der Waals surface area contributed by atoms with Crippen molar-refractivity contribution < 1.29 is 19.0 Å². The van der Waals surface area contributed by atoms with E-state index in [1.807, 2.05) is 24.3 Å². The second kappa shape index (κ2) is 8.19. The van der Waals surface area contributed by atoms with Crippen LogP contribution in [-0.4, -0.2) is 35.1 Å². The van der Waals surface area contributed by atoms with Crippen molar-refractivity contribution in [1.82, 2.24) is 9.55 Å². The van der Waals surface area contributed by atoms with E-state index in [2.05, 4.69) is 24.1 Å². The molecule has 144 valence electrons. The van der Waals surface area contributed by atoms with Gasteiger partial charge >= 0.3 is 11.8 Å². The van der Waals surface area contributed by atoms with Gasteiger partial charge in [-0.2, -0.15) is 4.98 Å². The molecule has 1 saturated heterocycles. The molecule has 2 atom stereocenters. The number of ether oxygens (including phenoxy) is 3. The minimum absolute atomic E-state index is 0.108. The quantitative estimate of drug-likeness (QED) is 0.822. The zero-order chi connectivity index (χ0) is 19.4. The molecule has 1 aliphatic rings. The summed E-state index contributed by atoms with van der Waals surface area (Å²) >= 11 is 0. The maximum Gasteiger partial charge on any atom is 0.411 e. The molecular weight excluding hydrogens is 352 g/mol. The SMILES string of the molecule is CC(C)c1ccc(NC(=O)OC[C@H]2OC[C@@H](n3ccc(N)nc3=O)O2)cc1. The van der Waals surface area contributed by atoms with Gasteiger partial charge in [0.15, 0.2) is 12.5 Å². The van der Waals surface area contributed by atoms with Crippen LogP contribution in [0.4, 0.5) is 16.3 Å². The van der Waals surface area contributed by atoms with Crippen LogP contribution in [0.25, 0.3) is 0 Å². The molecule has 1 aromatic heterocycles. The molecule has 0 spiro atoms. The Labute approximate surface area is 156 Å². The Morgan fingerprint density at radius 2 is 2.11 bits per heavy atom. The Morgan fingerprint density at radius 1 is 1.37 bits per heavy atom. The average molecular weight is 374 g/mol. The minimum atomic E-state index is -0.770. The van der Waals surface area contributed by atoms with Crippen molar-refractivity contribution in [2.75, 3.05) is 24.3 Å². The molecule has 1 fully saturated rings. The number of nitrogen functional groups attached to an aromatic ring is 1. The number of hydrogen-bond acceptors (Lipinski definition) is 7. The van der Waals surface area contributed by atoms with Gasteiger partial charge in [0.25, 0.3) is 0 Å². The first-order valence-electron chi connectivity index (χ1n) is 8.58.